The van der Waals surface area contributed by atoms with E-state index in [2.05, 4.69) is 25.8 Å². The summed E-state index contributed by atoms with van der Waals surface area (Å²) in [6, 6.07) is 13.6. The highest BCUT2D eigenvalue weighted by Gasteiger charge is 2.19. The summed E-state index contributed by atoms with van der Waals surface area (Å²) in [6.45, 7) is 2.37. The van der Waals surface area contributed by atoms with Gasteiger partial charge in [-0.25, -0.2) is 4.98 Å². The molecule has 0 aliphatic rings. The van der Waals surface area contributed by atoms with Crippen LogP contribution in [0.2, 0.25) is 0 Å². The number of benzene rings is 1. The molecule has 0 saturated carbocycles. The number of hydrogen-bond donors (Lipinski definition) is 2. The second-order valence-corrected chi connectivity index (χ2v) is 9.38. The Labute approximate surface area is 179 Å². The molecule has 0 bridgehead atoms. The van der Waals surface area contributed by atoms with E-state index in [0.29, 0.717) is 16.8 Å². The van der Waals surface area contributed by atoms with Crippen LogP contribution in [-0.4, -0.2) is 26.3 Å². The molecule has 1 unspecified atom stereocenters. The summed E-state index contributed by atoms with van der Waals surface area (Å²) in [7, 11) is 0. The van der Waals surface area contributed by atoms with Crippen molar-refractivity contribution in [2.24, 2.45) is 0 Å². The molecule has 4 rings (SSSR count). The Balaban J connectivity index is 1.30. The van der Waals surface area contributed by atoms with Crippen LogP contribution in [0.5, 0.6) is 0 Å². The van der Waals surface area contributed by atoms with Gasteiger partial charge < -0.3 is 15.1 Å². The van der Waals surface area contributed by atoms with Gasteiger partial charge in [0.15, 0.2) is 9.47 Å². The van der Waals surface area contributed by atoms with Crippen LogP contribution >= 0.6 is 34.4 Å². The number of nitrogens with zero attached hydrogens (tertiary/aromatic N) is 3. The number of furan rings is 1. The third-order valence-electron chi connectivity index (χ3n) is 3.85. The number of carbonyl (C=O) groups is 1. The molecule has 0 fully saturated rings. The van der Waals surface area contributed by atoms with Crippen molar-refractivity contribution in [1.29, 1.82) is 0 Å². The van der Waals surface area contributed by atoms with Gasteiger partial charge in [-0.15, -0.1) is 21.5 Å². The minimum Gasteiger partial charge on any atom is -0.467 e. The highest BCUT2D eigenvalue weighted by Crippen LogP contribution is 2.30. The molecule has 0 spiro atoms. The molecule has 1 amide bonds. The molecule has 0 saturated heterocycles. The lowest BCUT2D eigenvalue weighted by Crippen LogP contribution is -2.22. The number of nitrogens with one attached hydrogen (secondary N) is 2. The number of anilines is 2. The summed E-state index contributed by atoms with van der Waals surface area (Å²) < 4.78 is 6.00. The Morgan fingerprint density at radius 1 is 1.17 bits per heavy atom. The van der Waals surface area contributed by atoms with Crippen molar-refractivity contribution in [2.75, 3.05) is 10.6 Å². The smallest absolute Gasteiger partial charge is 0.239 e. The van der Waals surface area contributed by atoms with E-state index in [9.17, 15) is 4.79 Å². The average Bonchev–Trinajstić information content (AvgIpc) is 3.49. The highest BCUT2D eigenvalue weighted by molar-refractivity contribution is 8.02. The van der Waals surface area contributed by atoms with Crippen LogP contribution < -0.4 is 10.6 Å². The SMILES string of the molecule is CC(Sc1nnc(NCc2ccco2)s1)C(=O)Nc1nc(-c2ccccc2)cs1. The van der Waals surface area contributed by atoms with Crippen LogP contribution in [0.25, 0.3) is 11.3 Å². The van der Waals surface area contributed by atoms with Crippen LogP contribution in [0.4, 0.5) is 10.3 Å². The fourth-order valence-corrected chi connectivity index (χ4v) is 5.00. The second-order valence-electron chi connectivity index (χ2n) is 5.96. The van der Waals surface area contributed by atoms with Crippen molar-refractivity contribution in [2.45, 2.75) is 23.1 Å². The molecule has 7 nitrogen and oxygen atoms in total. The maximum absolute atomic E-state index is 12.5. The van der Waals surface area contributed by atoms with Gasteiger partial charge in [-0.05, 0) is 19.1 Å². The minimum absolute atomic E-state index is 0.121. The van der Waals surface area contributed by atoms with Gasteiger partial charge in [-0.1, -0.05) is 53.4 Å². The van der Waals surface area contributed by atoms with E-state index >= 15 is 0 Å². The molecule has 2 N–H and O–H groups in total. The molecule has 0 radical (unpaired) electrons. The van der Waals surface area contributed by atoms with Crippen molar-refractivity contribution in [3.8, 4) is 11.3 Å². The predicted octanol–water partition coefficient (Wildman–Crippen LogP) is 4.99. The van der Waals surface area contributed by atoms with Crippen molar-refractivity contribution < 1.29 is 9.21 Å². The van der Waals surface area contributed by atoms with Gasteiger partial charge in [0, 0.05) is 10.9 Å². The zero-order chi connectivity index (χ0) is 20.1. The summed E-state index contributed by atoms with van der Waals surface area (Å²) in [5.41, 5.74) is 1.87. The molecule has 3 aromatic heterocycles. The predicted molar refractivity (Wildman–Crippen MR) is 117 cm³/mol. The first-order chi connectivity index (χ1) is 14.2. The van der Waals surface area contributed by atoms with E-state index in [1.807, 2.05) is 54.8 Å². The van der Waals surface area contributed by atoms with Crippen LogP contribution in [0.15, 0.2) is 62.9 Å². The van der Waals surface area contributed by atoms with Gasteiger partial charge in [0.1, 0.15) is 5.76 Å². The zero-order valence-electron chi connectivity index (χ0n) is 15.4. The van der Waals surface area contributed by atoms with E-state index in [-0.39, 0.29) is 11.2 Å². The van der Waals surface area contributed by atoms with Gasteiger partial charge in [0.25, 0.3) is 0 Å². The lowest BCUT2D eigenvalue weighted by Gasteiger charge is -2.07. The van der Waals surface area contributed by atoms with Crippen molar-refractivity contribution in [3.05, 3.63) is 59.9 Å². The fourth-order valence-electron chi connectivity index (χ4n) is 2.39. The number of thioether (sulfide) groups is 1. The van der Waals surface area contributed by atoms with Gasteiger partial charge in [-0.2, -0.15) is 0 Å². The maximum Gasteiger partial charge on any atom is 0.239 e. The first-order valence-electron chi connectivity index (χ1n) is 8.75. The number of aromatic nitrogens is 3. The Kier molecular flexibility index (Phi) is 6.23. The zero-order valence-corrected chi connectivity index (χ0v) is 17.8. The molecule has 0 aliphatic heterocycles. The van der Waals surface area contributed by atoms with Crippen molar-refractivity contribution >= 4 is 50.6 Å². The van der Waals surface area contributed by atoms with Gasteiger partial charge in [0.2, 0.25) is 11.0 Å². The van der Waals surface area contributed by atoms with Crippen LogP contribution in [0, 0.1) is 0 Å². The lowest BCUT2D eigenvalue weighted by atomic mass is 10.2. The first-order valence-corrected chi connectivity index (χ1v) is 11.3. The first kappa shape index (κ1) is 19.6. The Morgan fingerprint density at radius 2 is 2.03 bits per heavy atom. The van der Waals surface area contributed by atoms with Gasteiger partial charge >= 0.3 is 0 Å². The highest BCUT2D eigenvalue weighted by atomic mass is 32.2. The van der Waals surface area contributed by atoms with Crippen molar-refractivity contribution in [1.82, 2.24) is 15.2 Å². The molecule has 10 heteroatoms. The summed E-state index contributed by atoms with van der Waals surface area (Å²) >= 11 is 4.18. The number of thiazole rings is 1. The largest absolute Gasteiger partial charge is 0.467 e. The molecular weight excluding hydrogens is 426 g/mol. The van der Waals surface area contributed by atoms with E-state index in [4.69, 9.17) is 4.42 Å². The fraction of sp³-hybridized carbons (Fsp3) is 0.158. The minimum atomic E-state index is -0.329. The molecule has 3 heterocycles. The van der Waals surface area contributed by atoms with Gasteiger partial charge in [-0.3, -0.25) is 4.79 Å². The van der Waals surface area contributed by atoms with E-state index in [1.165, 1.54) is 34.4 Å². The number of hydrogen-bond acceptors (Lipinski definition) is 9. The standard InChI is InChI=1S/C19H17N5O2S3/c1-12(28-19-24-23-17(29-19)20-10-14-8-5-9-26-14)16(25)22-18-21-15(11-27-18)13-6-3-2-4-7-13/h2-9,11-12H,10H2,1H3,(H,20,23)(H,21,22,25). The second kappa shape index (κ2) is 9.21. The third kappa shape index (κ3) is 5.22. The average molecular weight is 444 g/mol. The van der Waals surface area contributed by atoms with Gasteiger partial charge in [0.05, 0.1) is 23.8 Å². The monoisotopic (exact) mass is 443 g/mol. The molecule has 1 atom stereocenters. The van der Waals surface area contributed by atoms with Crippen LogP contribution in [0.3, 0.4) is 0 Å². The van der Waals surface area contributed by atoms with E-state index < -0.39 is 0 Å². The topological polar surface area (TPSA) is 92.9 Å². The Hall–Kier alpha value is -2.69. The molecule has 148 valence electrons. The van der Waals surface area contributed by atoms with E-state index in [1.54, 1.807) is 6.26 Å². The van der Waals surface area contributed by atoms with E-state index in [0.717, 1.165) is 21.4 Å². The maximum atomic E-state index is 12.5. The number of rotatable bonds is 8. The molecule has 4 aromatic rings. The van der Waals surface area contributed by atoms with Crippen LogP contribution in [-0.2, 0) is 11.3 Å². The third-order valence-corrected chi connectivity index (χ3v) is 6.67. The Morgan fingerprint density at radius 3 is 2.83 bits per heavy atom. The van der Waals surface area contributed by atoms with Crippen LogP contribution in [0.1, 0.15) is 12.7 Å². The lowest BCUT2D eigenvalue weighted by molar-refractivity contribution is -0.115. The normalized spacial score (nSPS) is 11.9. The molecular formula is C19H17N5O2S3. The van der Waals surface area contributed by atoms with Crippen molar-refractivity contribution in [3.63, 3.8) is 0 Å². The number of amides is 1. The quantitative estimate of drug-likeness (QED) is 0.371. The molecule has 1 aromatic carbocycles. The summed E-state index contributed by atoms with van der Waals surface area (Å²) in [6.07, 6.45) is 1.63. The summed E-state index contributed by atoms with van der Waals surface area (Å²) in [5.74, 6) is 0.699. The summed E-state index contributed by atoms with van der Waals surface area (Å²) in [5, 5.41) is 17.1. The summed E-state index contributed by atoms with van der Waals surface area (Å²) in [4.78, 5) is 17.0. The Bertz CT molecular complexity index is 1060. The molecule has 0 aliphatic carbocycles. The number of carbonyl (C=O) groups excluding carboxylic acids is 1. The molecule has 29 heavy (non-hydrogen) atoms.